The molecule has 0 radical (unpaired) electrons. The lowest BCUT2D eigenvalue weighted by Crippen LogP contribution is -2.31. The maximum Gasteiger partial charge on any atom is 0.227 e. The van der Waals surface area contributed by atoms with Gasteiger partial charge < -0.3 is 15.2 Å². The highest BCUT2D eigenvalue weighted by Crippen LogP contribution is 2.11. The molecule has 4 heteroatoms. The van der Waals surface area contributed by atoms with Gasteiger partial charge in [-0.05, 0) is 6.42 Å². The van der Waals surface area contributed by atoms with Crippen molar-refractivity contribution >= 4 is 5.91 Å². The summed E-state index contributed by atoms with van der Waals surface area (Å²) in [5.74, 6) is -0.160. The van der Waals surface area contributed by atoms with E-state index in [-0.39, 0.29) is 18.6 Å². The summed E-state index contributed by atoms with van der Waals surface area (Å²) in [6, 6.07) is 0. The average molecular weight is 145 g/mol. The monoisotopic (exact) mass is 145 g/mol. The number of nitrogens with one attached hydrogen (secondary N) is 1. The Bertz CT molecular complexity index is 120. The Kier molecular flexibility index (Phi) is 2.65. The number of carbonyl (C=O) groups is 1. The van der Waals surface area contributed by atoms with Crippen LogP contribution in [-0.2, 0) is 9.53 Å². The highest BCUT2D eigenvalue weighted by molar-refractivity contribution is 5.78. The molecule has 1 aliphatic rings. The van der Waals surface area contributed by atoms with Gasteiger partial charge >= 0.3 is 0 Å². The largest absolute Gasteiger partial charge is 0.381 e. The van der Waals surface area contributed by atoms with Gasteiger partial charge in [0, 0.05) is 6.61 Å². The molecule has 1 unspecified atom stereocenters. The van der Waals surface area contributed by atoms with Crippen molar-refractivity contribution < 1.29 is 14.6 Å². The fraction of sp³-hybridized carbons (Fsp3) is 0.833. The predicted octanol–water partition coefficient (Wildman–Crippen LogP) is -0.911. The minimum absolute atomic E-state index is 0.0489. The van der Waals surface area contributed by atoms with Gasteiger partial charge in [-0.3, -0.25) is 4.79 Å². The quantitative estimate of drug-likeness (QED) is 0.494. The molecule has 1 aliphatic heterocycles. The lowest BCUT2D eigenvalue weighted by Gasteiger charge is -2.05. The van der Waals surface area contributed by atoms with Gasteiger partial charge in [0.15, 0.2) is 0 Å². The molecule has 0 bridgehead atoms. The number of hydrogen-bond acceptors (Lipinski definition) is 3. The molecule has 1 saturated heterocycles. The van der Waals surface area contributed by atoms with Crippen LogP contribution in [0.15, 0.2) is 0 Å². The summed E-state index contributed by atoms with van der Waals surface area (Å²) in [6.07, 6.45) is 0.770. The fourth-order valence-electron chi connectivity index (χ4n) is 0.964. The van der Waals surface area contributed by atoms with Crippen molar-refractivity contribution in [2.45, 2.75) is 6.42 Å². The SMILES string of the molecule is O=C(NCO)C1CCOC1. The first-order chi connectivity index (χ1) is 4.84. The van der Waals surface area contributed by atoms with Gasteiger partial charge in [0.05, 0.1) is 12.5 Å². The Morgan fingerprint density at radius 3 is 3.10 bits per heavy atom. The van der Waals surface area contributed by atoms with Crippen molar-refractivity contribution in [2.75, 3.05) is 19.9 Å². The van der Waals surface area contributed by atoms with Crippen LogP contribution in [0, 0.1) is 5.92 Å². The third kappa shape index (κ3) is 1.68. The van der Waals surface area contributed by atoms with Gasteiger partial charge in [0.25, 0.3) is 0 Å². The van der Waals surface area contributed by atoms with Crippen molar-refractivity contribution in [1.82, 2.24) is 5.32 Å². The van der Waals surface area contributed by atoms with Crippen LogP contribution < -0.4 is 5.32 Å². The zero-order chi connectivity index (χ0) is 7.40. The minimum Gasteiger partial charge on any atom is -0.381 e. The average Bonchev–Trinajstić information content (AvgIpc) is 2.38. The molecule has 1 fully saturated rings. The summed E-state index contributed by atoms with van der Waals surface area (Å²) in [5.41, 5.74) is 0. The second-order valence-electron chi connectivity index (χ2n) is 2.26. The molecule has 1 amide bonds. The van der Waals surface area contributed by atoms with Crippen molar-refractivity contribution in [1.29, 1.82) is 0 Å². The normalized spacial score (nSPS) is 24.7. The van der Waals surface area contributed by atoms with E-state index in [9.17, 15) is 4.79 Å². The van der Waals surface area contributed by atoms with Crippen molar-refractivity contribution in [2.24, 2.45) is 5.92 Å². The summed E-state index contributed by atoms with van der Waals surface area (Å²) in [4.78, 5) is 10.9. The molecule has 1 atom stereocenters. The molecule has 58 valence electrons. The standard InChI is InChI=1S/C6H11NO3/c8-4-7-6(9)5-1-2-10-3-5/h5,8H,1-4H2,(H,7,9). The molecule has 4 nitrogen and oxygen atoms in total. The first-order valence-corrected chi connectivity index (χ1v) is 3.31. The number of ether oxygens (including phenoxy) is 1. The summed E-state index contributed by atoms with van der Waals surface area (Å²) in [5, 5.41) is 10.6. The molecule has 0 saturated carbocycles. The van der Waals surface area contributed by atoms with Gasteiger partial charge in [0.2, 0.25) is 5.91 Å². The highest BCUT2D eigenvalue weighted by Gasteiger charge is 2.22. The van der Waals surface area contributed by atoms with Crippen molar-refractivity contribution in [3.63, 3.8) is 0 Å². The molecule has 0 aromatic heterocycles. The third-order valence-electron chi connectivity index (χ3n) is 1.55. The van der Waals surface area contributed by atoms with Gasteiger partial charge in [-0.25, -0.2) is 0 Å². The van der Waals surface area contributed by atoms with Crippen LogP contribution >= 0.6 is 0 Å². The summed E-state index contributed by atoms with van der Waals surface area (Å²) >= 11 is 0. The molecule has 1 rings (SSSR count). The van der Waals surface area contributed by atoms with Gasteiger partial charge in [0.1, 0.15) is 6.73 Å². The number of carbonyl (C=O) groups excluding carboxylic acids is 1. The van der Waals surface area contributed by atoms with Crippen LogP contribution in [0.2, 0.25) is 0 Å². The second-order valence-corrected chi connectivity index (χ2v) is 2.26. The van der Waals surface area contributed by atoms with Gasteiger partial charge in [-0.2, -0.15) is 0 Å². The number of amides is 1. The van der Waals surface area contributed by atoms with Crippen molar-refractivity contribution in [3.05, 3.63) is 0 Å². The summed E-state index contributed by atoms with van der Waals surface area (Å²) in [6.45, 7) is 0.866. The van der Waals surface area contributed by atoms with Crippen LogP contribution in [0.1, 0.15) is 6.42 Å². The molecule has 10 heavy (non-hydrogen) atoms. The molecule has 0 spiro atoms. The molecule has 1 heterocycles. The van der Waals surface area contributed by atoms with Gasteiger partial charge in [-0.1, -0.05) is 0 Å². The zero-order valence-corrected chi connectivity index (χ0v) is 5.67. The molecule has 0 aromatic carbocycles. The fourth-order valence-corrected chi connectivity index (χ4v) is 0.964. The van der Waals surface area contributed by atoms with E-state index in [0.717, 1.165) is 6.42 Å². The number of aliphatic hydroxyl groups excluding tert-OH is 1. The Hall–Kier alpha value is -0.610. The van der Waals surface area contributed by atoms with E-state index in [2.05, 4.69) is 5.32 Å². The van der Waals surface area contributed by atoms with E-state index in [1.807, 2.05) is 0 Å². The number of hydrogen-bond donors (Lipinski definition) is 2. The molecular formula is C6H11NO3. The van der Waals surface area contributed by atoms with Crippen LogP contribution in [0.25, 0.3) is 0 Å². The summed E-state index contributed by atoms with van der Waals surface area (Å²) in [7, 11) is 0. The second kappa shape index (κ2) is 3.53. The smallest absolute Gasteiger partial charge is 0.227 e. The topological polar surface area (TPSA) is 58.6 Å². The lowest BCUT2D eigenvalue weighted by atomic mass is 10.1. The van der Waals surface area contributed by atoms with Crippen molar-refractivity contribution in [3.8, 4) is 0 Å². The maximum atomic E-state index is 10.9. The van der Waals surface area contributed by atoms with E-state index in [1.54, 1.807) is 0 Å². The molecule has 0 aliphatic carbocycles. The molecule has 2 N–H and O–H groups in total. The predicted molar refractivity (Wildman–Crippen MR) is 34.2 cm³/mol. The number of aliphatic hydroxyl groups is 1. The third-order valence-corrected chi connectivity index (χ3v) is 1.55. The molecular weight excluding hydrogens is 134 g/mol. The maximum absolute atomic E-state index is 10.9. The Morgan fingerprint density at radius 1 is 1.80 bits per heavy atom. The minimum atomic E-state index is -0.282. The Labute approximate surface area is 59.2 Å². The Morgan fingerprint density at radius 2 is 2.60 bits per heavy atom. The van der Waals surface area contributed by atoms with Crippen LogP contribution in [0.4, 0.5) is 0 Å². The first kappa shape index (κ1) is 7.50. The van der Waals surface area contributed by atoms with E-state index in [4.69, 9.17) is 9.84 Å². The van der Waals surface area contributed by atoms with Gasteiger partial charge in [-0.15, -0.1) is 0 Å². The van der Waals surface area contributed by atoms with E-state index < -0.39 is 0 Å². The lowest BCUT2D eigenvalue weighted by molar-refractivity contribution is -0.126. The first-order valence-electron chi connectivity index (χ1n) is 3.31. The summed E-state index contributed by atoms with van der Waals surface area (Å²) < 4.78 is 4.98. The van der Waals surface area contributed by atoms with E-state index >= 15 is 0 Å². The number of rotatable bonds is 2. The van der Waals surface area contributed by atoms with Crippen LogP contribution in [-0.4, -0.2) is 31.0 Å². The highest BCUT2D eigenvalue weighted by atomic mass is 16.5. The van der Waals surface area contributed by atoms with E-state index in [1.165, 1.54) is 0 Å². The zero-order valence-electron chi connectivity index (χ0n) is 5.67. The Balaban J connectivity index is 2.25. The van der Waals surface area contributed by atoms with Crippen LogP contribution in [0.5, 0.6) is 0 Å². The van der Waals surface area contributed by atoms with E-state index in [0.29, 0.717) is 13.2 Å². The van der Waals surface area contributed by atoms with Crippen LogP contribution in [0.3, 0.4) is 0 Å². The molecule has 0 aromatic rings.